The molecule has 1 fully saturated rings. The Bertz CT molecular complexity index is 2980. The number of aliphatic hydroxyl groups excluding tert-OH is 2. The molecule has 1 aliphatic heterocycles. The Hall–Kier alpha value is -7.29. The number of para-hydroxylation sites is 1. The van der Waals surface area contributed by atoms with Gasteiger partial charge in [-0.1, -0.05) is 100 Å². The first-order valence-electron chi connectivity index (χ1n) is 25.5. The Balaban J connectivity index is 1.44. The van der Waals surface area contributed by atoms with Crippen LogP contribution in [0, 0.1) is 6.92 Å². The molecular weight excluding hydrogens is 1040 g/mol. The second kappa shape index (κ2) is 29.5. The van der Waals surface area contributed by atoms with Crippen molar-refractivity contribution < 1.29 is 43.8 Å². The highest BCUT2D eigenvalue weighted by Gasteiger charge is 2.36. The summed E-state index contributed by atoms with van der Waals surface area (Å²) in [5, 5.41) is 40.0. The number of aliphatic hydroxyl groups is 2. The van der Waals surface area contributed by atoms with E-state index in [0.29, 0.717) is 24.0 Å². The summed E-state index contributed by atoms with van der Waals surface area (Å²) in [6, 6.07) is 14.0. The minimum absolute atomic E-state index is 0.0236. The first kappa shape index (κ1) is 59.9. The number of amides is 7. The molecule has 3 heterocycles. The van der Waals surface area contributed by atoms with Crippen molar-refractivity contribution in [2.75, 3.05) is 24.7 Å². The number of nitrogens with zero attached hydrogens (tertiary/aromatic N) is 1. The summed E-state index contributed by atoms with van der Waals surface area (Å²) < 4.78 is 0.987. The maximum Gasteiger partial charge on any atom is 0.328 e. The SMILES string of the molecule is Cc1cn(C[C@@H]2NC(=O)[C@H](CCCCN)NC(=O)[C@@H](Cc3c[nH]c4ccccc34)NC(=O)[C@H](Cc3ccccc3)NC(=O)[C@@H](NC(=O)[C@H](N)Cc3ccccc3)CSSC[C@@H](C(=O)N[C@H](CO)C(C)O)NC2=O)c(=O)[nH]c1=O. The number of H-pyrrole nitrogens is 2. The predicted molar refractivity (Wildman–Crippen MR) is 296 cm³/mol. The highest BCUT2D eigenvalue weighted by atomic mass is 33.1. The normalized spacial score (nSPS) is 21.4. The summed E-state index contributed by atoms with van der Waals surface area (Å²) in [7, 11) is 2.00. The third kappa shape index (κ3) is 17.4. The summed E-state index contributed by atoms with van der Waals surface area (Å²) >= 11 is 0. The number of aromatic amines is 2. The first-order chi connectivity index (χ1) is 37.4. The van der Waals surface area contributed by atoms with Crippen LogP contribution in [0.5, 0.6) is 0 Å². The van der Waals surface area contributed by atoms with Crippen LogP contribution in [0.25, 0.3) is 10.9 Å². The number of carbonyl (C=O) groups is 7. The smallest absolute Gasteiger partial charge is 0.328 e. The van der Waals surface area contributed by atoms with E-state index in [9.17, 15) is 53.4 Å². The molecule has 1 aliphatic rings. The van der Waals surface area contributed by atoms with Crippen LogP contribution in [-0.4, -0.2) is 145 Å². The number of hydrogen-bond donors (Lipinski definition) is 13. The fraction of sp³-hybridized carbons (Fsp3) is 0.415. The number of benzene rings is 3. The predicted octanol–water partition coefficient (Wildman–Crippen LogP) is -1.33. The van der Waals surface area contributed by atoms with Crippen molar-refractivity contribution in [1.29, 1.82) is 0 Å². The molecule has 7 amide bonds. The van der Waals surface area contributed by atoms with Gasteiger partial charge < -0.3 is 63.9 Å². The van der Waals surface area contributed by atoms with E-state index in [2.05, 4.69) is 47.2 Å². The van der Waals surface area contributed by atoms with E-state index in [-0.39, 0.29) is 49.3 Å². The number of fused-ring (bicyclic) bond motifs is 1. The van der Waals surface area contributed by atoms with Crippen LogP contribution in [0.15, 0.2) is 107 Å². The molecule has 0 radical (unpaired) electrons. The second-order valence-electron chi connectivity index (χ2n) is 19.0. The van der Waals surface area contributed by atoms with Gasteiger partial charge in [-0.25, -0.2) is 4.79 Å². The van der Waals surface area contributed by atoms with Crippen LogP contribution >= 0.6 is 21.6 Å². The molecule has 1 saturated heterocycles. The van der Waals surface area contributed by atoms with Gasteiger partial charge in [-0.15, -0.1) is 0 Å². The number of unbranched alkanes of at least 4 members (excludes halogenated alkanes) is 1. The Labute approximate surface area is 457 Å². The monoisotopic (exact) mass is 1110 g/mol. The molecular formula is C53H68N12O11S2. The minimum atomic E-state index is -1.68. The van der Waals surface area contributed by atoms with Gasteiger partial charge in [0.1, 0.15) is 36.3 Å². The Morgan fingerprint density at radius 3 is 2.01 bits per heavy atom. The lowest BCUT2D eigenvalue weighted by Crippen LogP contribution is -2.61. The maximum absolute atomic E-state index is 14.9. The van der Waals surface area contributed by atoms with E-state index in [4.69, 9.17) is 11.5 Å². The summed E-state index contributed by atoms with van der Waals surface area (Å²) in [6.45, 7) is 1.71. The molecule has 78 heavy (non-hydrogen) atoms. The molecule has 0 bridgehead atoms. The van der Waals surface area contributed by atoms with Gasteiger partial charge in [0.15, 0.2) is 0 Å². The van der Waals surface area contributed by atoms with Crippen molar-refractivity contribution >= 4 is 73.8 Å². The van der Waals surface area contributed by atoms with E-state index >= 15 is 0 Å². The average molecular weight is 1110 g/mol. The van der Waals surface area contributed by atoms with E-state index < -0.39 is 120 Å². The molecule has 0 saturated carbocycles. The molecule has 5 aromatic rings. The fourth-order valence-electron chi connectivity index (χ4n) is 8.50. The van der Waals surface area contributed by atoms with Crippen LogP contribution in [0.3, 0.4) is 0 Å². The number of carbonyl (C=O) groups excluding carboxylic acids is 7. The zero-order valence-electron chi connectivity index (χ0n) is 43.2. The second-order valence-corrected chi connectivity index (χ2v) is 21.6. The number of rotatable bonds is 18. The topological polar surface area (TPSA) is 367 Å². The molecule has 15 N–H and O–H groups in total. The summed E-state index contributed by atoms with van der Waals surface area (Å²) in [5.41, 5.74) is 13.5. The van der Waals surface area contributed by atoms with Gasteiger partial charge in [0, 0.05) is 53.2 Å². The van der Waals surface area contributed by atoms with E-state index in [0.717, 1.165) is 42.6 Å². The molecule has 0 aliphatic carbocycles. The quantitative estimate of drug-likeness (QED) is 0.0357. The highest BCUT2D eigenvalue weighted by Crippen LogP contribution is 2.24. The molecule has 9 atom stereocenters. The Kier molecular flexibility index (Phi) is 22.6. The zero-order valence-corrected chi connectivity index (χ0v) is 44.8. The van der Waals surface area contributed by atoms with E-state index in [1.807, 2.05) is 24.3 Å². The lowest BCUT2D eigenvalue weighted by Gasteiger charge is -2.29. The standard InChI is InChI=1S/C53H68N12O11S2/c1-30-25-65(53(76)64-45(30)68)26-41-50(73)63-44(52(75)61-42(27-66)31(2)67)29-78-77-28-43(62-46(69)36(55)21-32-13-5-3-6-14-32)51(74)58-39(22-33-15-7-4-8-16-33)48(71)59-40(23-34-24-56-37-18-10-9-17-35(34)37)49(72)57-38(47(70)60-41)19-11-12-20-54/h3-10,13-18,24-25,31,36,38-44,56,66-67H,11-12,19-23,26-29,54-55H2,1-2H3,(H,57,72)(H,58,74)(H,59,71)(H,60,70)(H,61,75)(H,62,69)(H,63,73)(H,64,68,76)/t31?,36-,38+,39+,40-,41+,42-,43+,44+/m1/s1. The average Bonchev–Trinajstić information content (AvgIpc) is 3.85. The van der Waals surface area contributed by atoms with Gasteiger partial charge in [-0.3, -0.25) is 47.9 Å². The summed E-state index contributed by atoms with van der Waals surface area (Å²) in [4.78, 5) is 133. The van der Waals surface area contributed by atoms with Crippen LogP contribution in [-0.2, 0) is 59.4 Å². The lowest BCUT2D eigenvalue weighted by molar-refractivity contribution is -0.135. The van der Waals surface area contributed by atoms with E-state index in [1.54, 1.807) is 66.9 Å². The van der Waals surface area contributed by atoms with Crippen molar-refractivity contribution in [3.8, 4) is 0 Å². The minimum Gasteiger partial charge on any atom is -0.394 e. The Morgan fingerprint density at radius 1 is 0.744 bits per heavy atom. The van der Waals surface area contributed by atoms with Crippen LogP contribution in [0.2, 0.25) is 0 Å². The highest BCUT2D eigenvalue weighted by molar-refractivity contribution is 8.76. The van der Waals surface area contributed by atoms with Gasteiger partial charge in [0.05, 0.1) is 31.3 Å². The molecule has 1 unspecified atom stereocenters. The number of aromatic nitrogens is 3. The number of nitrogens with two attached hydrogens (primary N) is 2. The van der Waals surface area contributed by atoms with E-state index in [1.165, 1.54) is 20.0 Å². The number of hydrogen-bond acceptors (Lipinski definition) is 15. The third-order valence-electron chi connectivity index (χ3n) is 13.0. The van der Waals surface area contributed by atoms with Crippen molar-refractivity contribution in [3.63, 3.8) is 0 Å². The van der Waals surface area contributed by atoms with Crippen LogP contribution in [0.1, 0.15) is 48.4 Å². The van der Waals surface area contributed by atoms with Gasteiger partial charge in [0.25, 0.3) is 5.56 Å². The summed E-state index contributed by atoms with van der Waals surface area (Å²) in [5.74, 6) is -6.34. The van der Waals surface area contributed by atoms with Gasteiger partial charge in [0.2, 0.25) is 41.4 Å². The molecule has 2 aromatic heterocycles. The lowest BCUT2D eigenvalue weighted by atomic mass is 10.0. The van der Waals surface area contributed by atoms with Crippen molar-refractivity contribution in [2.45, 2.75) is 113 Å². The largest absolute Gasteiger partial charge is 0.394 e. The summed E-state index contributed by atoms with van der Waals surface area (Å²) in [6.07, 6.45) is 2.25. The van der Waals surface area contributed by atoms with Crippen molar-refractivity contribution in [3.05, 3.63) is 140 Å². The van der Waals surface area contributed by atoms with Crippen LogP contribution in [0.4, 0.5) is 0 Å². The third-order valence-corrected chi connectivity index (χ3v) is 15.4. The van der Waals surface area contributed by atoms with Crippen molar-refractivity contribution in [2.24, 2.45) is 11.5 Å². The number of nitrogens with one attached hydrogen (secondary N) is 9. The van der Waals surface area contributed by atoms with Crippen molar-refractivity contribution in [1.82, 2.24) is 51.8 Å². The molecule has 23 nitrogen and oxygen atoms in total. The molecule has 0 spiro atoms. The molecule has 6 rings (SSSR count). The van der Waals surface area contributed by atoms with Gasteiger partial charge >= 0.3 is 5.69 Å². The number of aryl methyl sites for hydroxylation is 1. The fourth-order valence-corrected chi connectivity index (χ4v) is 10.8. The van der Waals surface area contributed by atoms with Crippen LogP contribution < -0.4 is 59.9 Å². The molecule has 25 heteroatoms. The first-order valence-corrected chi connectivity index (χ1v) is 28.0. The molecule has 3 aromatic carbocycles. The Morgan fingerprint density at radius 2 is 1.33 bits per heavy atom. The zero-order chi connectivity index (χ0) is 56.3. The van der Waals surface area contributed by atoms with Gasteiger partial charge in [-0.05, 0) is 68.8 Å². The molecule has 418 valence electrons. The maximum atomic E-state index is 14.9. The van der Waals surface area contributed by atoms with Gasteiger partial charge in [-0.2, -0.15) is 0 Å².